The van der Waals surface area contributed by atoms with Crippen molar-refractivity contribution in [2.45, 2.75) is 57.6 Å². The molecule has 0 saturated heterocycles. The molecule has 0 spiro atoms. The Bertz CT molecular complexity index is 344. The van der Waals surface area contributed by atoms with E-state index >= 15 is 0 Å². The summed E-state index contributed by atoms with van der Waals surface area (Å²) in [6.07, 6.45) is 9.60. The van der Waals surface area contributed by atoms with Crippen molar-refractivity contribution in [2.24, 2.45) is 5.73 Å². The van der Waals surface area contributed by atoms with Gasteiger partial charge in [-0.2, -0.15) is 0 Å². The number of nitrogens with zero attached hydrogens (tertiary/aromatic N) is 1. The molecule has 1 fully saturated rings. The first-order valence-corrected chi connectivity index (χ1v) is 6.64. The van der Waals surface area contributed by atoms with E-state index in [2.05, 4.69) is 4.98 Å². The molecule has 94 valence electrons. The highest BCUT2D eigenvalue weighted by Crippen LogP contribution is 2.26. The van der Waals surface area contributed by atoms with Gasteiger partial charge in [0.25, 0.3) is 0 Å². The first-order chi connectivity index (χ1) is 8.27. The molecule has 0 aromatic carbocycles. The standard InChI is InChI=1S/C14H22N2O/c1-11(15)13-9-6-10-16-14(13)17-12-7-4-2-3-5-8-12/h6,9-12H,2-5,7-8,15H2,1H3/t11-/m0/s1. The van der Waals surface area contributed by atoms with E-state index in [0.29, 0.717) is 6.10 Å². The summed E-state index contributed by atoms with van der Waals surface area (Å²) < 4.78 is 6.04. The average molecular weight is 234 g/mol. The zero-order chi connectivity index (χ0) is 12.1. The van der Waals surface area contributed by atoms with Gasteiger partial charge in [-0.05, 0) is 38.7 Å². The quantitative estimate of drug-likeness (QED) is 0.817. The van der Waals surface area contributed by atoms with Crippen LogP contribution in [0, 0.1) is 0 Å². The Morgan fingerprint density at radius 3 is 2.65 bits per heavy atom. The van der Waals surface area contributed by atoms with E-state index < -0.39 is 0 Å². The molecule has 2 rings (SSSR count). The normalized spacial score (nSPS) is 19.6. The molecule has 1 atom stereocenters. The summed E-state index contributed by atoms with van der Waals surface area (Å²) in [6, 6.07) is 3.90. The maximum absolute atomic E-state index is 6.04. The summed E-state index contributed by atoms with van der Waals surface area (Å²) in [5, 5.41) is 0. The highest BCUT2D eigenvalue weighted by atomic mass is 16.5. The van der Waals surface area contributed by atoms with Gasteiger partial charge in [0.05, 0.1) is 0 Å². The number of ether oxygens (including phenoxy) is 1. The zero-order valence-corrected chi connectivity index (χ0v) is 10.6. The molecule has 0 unspecified atom stereocenters. The van der Waals surface area contributed by atoms with E-state index in [4.69, 9.17) is 10.5 Å². The Labute approximate surface area is 103 Å². The van der Waals surface area contributed by atoms with Gasteiger partial charge in [0.1, 0.15) is 6.10 Å². The van der Waals surface area contributed by atoms with Gasteiger partial charge in [-0.15, -0.1) is 0 Å². The van der Waals surface area contributed by atoms with Crippen LogP contribution in [-0.4, -0.2) is 11.1 Å². The van der Waals surface area contributed by atoms with Crippen molar-refractivity contribution in [1.82, 2.24) is 4.98 Å². The van der Waals surface area contributed by atoms with Gasteiger partial charge in [0, 0.05) is 17.8 Å². The molecule has 0 radical (unpaired) electrons. The number of pyridine rings is 1. The van der Waals surface area contributed by atoms with Gasteiger partial charge in [0.15, 0.2) is 0 Å². The molecule has 0 amide bonds. The van der Waals surface area contributed by atoms with Crippen LogP contribution in [0.3, 0.4) is 0 Å². The van der Waals surface area contributed by atoms with Crippen LogP contribution in [0.5, 0.6) is 5.88 Å². The molecular weight excluding hydrogens is 212 g/mol. The summed E-state index contributed by atoms with van der Waals surface area (Å²) in [6.45, 7) is 1.97. The predicted molar refractivity (Wildman–Crippen MR) is 69.0 cm³/mol. The van der Waals surface area contributed by atoms with Crippen LogP contribution in [0.4, 0.5) is 0 Å². The third-order valence-electron chi connectivity index (χ3n) is 3.37. The molecule has 1 aliphatic rings. The molecule has 1 saturated carbocycles. The Kier molecular flexibility index (Phi) is 4.37. The fourth-order valence-electron chi connectivity index (χ4n) is 2.37. The van der Waals surface area contributed by atoms with Crippen molar-refractivity contribution in [3.05, 3.63) is 23.9 Å². The lowest BCUT2D eigenvalue weighted by atomic mass is 10.1. The monoisotopic (exact) mass is 234 g/mol. The fourth-order valence-corrected chi connectivity index (χ4v) is 2.37. The summed E-state index contributed by atoms with van der Waals surface area (Å²) in [7, 11) is 0. The fraction of sp³-hybridized carbons (Fsp3) is 0.643. The van der Waals surface area contributed by atoms with Crippen molar-refractivity contribution < 1.29 is 4.74 Å². The lowest BCUT2D eigenvalue weighted by Crippen LogP contribution is -2.18. The molecule has 1 aromatic heterocycles. The Morgan fingerprint density at radius 2 is 2.00 bits per heavy atom. The third kappa shape index (κ3) is 3.43. The Hall–Kier alpha value is -1.09. The van der Waals surface area contributed by atoms with Crippen LogP contribution < -0.4 is 10.5 Å². The lowest BCUT2D eigenvalue weighted by molar-refractivity contribution is 0.173. The number of hydrogen-bond donors (Lipinski definition) is 1. The van der Waals surface area contributed by atoms with Crippen LogP contribution in [-0.2, 0) is 0 Å². The lowest BCUT2D eigenvalue weighted by Gasteiger charge is -2.19. The SMILES string of the molecule is C[C@H](N)c1cccnc1OC1CCCCCC1. The van der Waals surface area contributed by atoms with Gasteiger partial charge in [-0.3, -0.25) is 0 Å². The first kappa shape index (κ1) is 12.4. The molecule has 1 aliphatic carbocycles. The second-order valence-electron chi connectivity index (χ2n) is 4.92. The summed E-state index contributed by atoms with van der Waals surface area (Å²) >= 11 is 0. The van der Waals surface area contributed by atoms with E-state index in [1.807, 2.05) is 19.1 Å². The first-order valence-electron chi connectivity index (χ1n) is 6.64. The Morgan fingerprint density at radius 1 is 1.29 bits per heavy atom. The van der Waals surface area contributed by atoms with Gasteiger partial charge in [-0.25, -0.2) is 4.98 Å². The molecule has 0 aliphatic heterocycles. The van der Waals surface area contributed by atoms with E-state index in [0.717, 1.165) is 24.3 Å². The van der Waals surface area contributed by atoms with E-state index in [9.17, 15) is 0 Å². The maximum Gasteiger partial charge on any atom is 0.218 e. The maximum atomic E-state index is 6.04. The molecule has 17 heavy (non-hydrogen) atoms. The minimum atomic E-state index is -0.0236. The zero-order valence-electron chi connectivity index (χ0n) is 10.6. The molecule has 1 heterocycles. The Balaban J connectivity index is 2.06. The smallest absolute Gasteiger partial charge is 0.218 e. The molecule has 3 heteroatoms. The van der Waals surface area contributed by atoms with Crippen LogP contribution in [0.25, 0.3) is 0 Å². The minimum absolute atomic E-state index is 0.0236. The molecule has 0 bridgehead atoms. The summed E-state index contributed by atoms with van der Waals surface area (Å²) in [5.41, 5.74) is 6.94. The molecule has 1 aromatic rings. The van der Waals surface area contributed by atoms with E-state index in [-0.39, 0.29) is 6.04 Å². The van der Waals surface area contributed by atoms with Crippen LogP contribution in [0.15, 0.2) is 18.3 Å². The van der Waals surface area contributed by atoms with E-state index in [1.165, 1.54) is 25.7 Å². The van der Waals surface area contributed by atoms with Gasteiger partial charge < -0.3 is 10.5 Å². The van der Waals surface area contributed by atoms with Crippen LogP contribution >= 0.6 is 0 Å². The van der Waals surface area contributed by atoms with Crippen LogP contribution in [0.1, 0.15) is 57.1 Å². The van der Waals surface area contributed by atoms with Gasteiger partial charge in [-0.1, -0.05) is 18.9 Å². The topological polar surface area (TPSA) is 48.1 Å². The second kappa shape index (κ2) is 6.01. The number of hydrogen-bond acceptors (Lipinski definition) is 3. The third-order valence-corrected chi connectivity index (χ3v) is 3.37. The second-order valence-corrected chi connectivity index (χ2v) is 4.92. The van der Waals surface area contributed by atoms with Crippen molar-refractivity contribution in [3.63, 3.8) is 0 Å². The van der Waals surface area contributed by atoms with Gasteiger partial charge >= 0.3 is 0 Å². The van der Waals surface area contributed by atoms with Crippen LogP contribution in [0.2, 0.25) is 0 Å². The van der Waals surface area contributed by atoms with Crippen molar-refractivity contribution >= 4 is 0 Å². The predicted octanol–water partition coefficient (Wildman–Crippen LogP) is 3.20. The number of rotatable bonds is 3. The minimum Gasteiger partial charge on any atom is -0.474 e. The summed E-state index contributed by atoms with van der Waals surface area (Å²) in [5.74, 6) is 0.731. The average Bonchev–Trinajstić information content (AvgIpc) is 2.58. The van der Waals surface area contributed by atoms with E-state index in [1.54, 1.807) is 6.20 Å². The molecular formula is C14H22N2O. The molecule has 2 N–H and O–H groups in total. The highest BCUT2D eigenvalue weighted by Gasteiger charge is 2.17. The summed E-state index contributed by atoms with van der Waals surface area (Å²) in [4.78, 5) is 4.32. The van der Waals surface area contributed by atoms with Crippen molar-refractivity contribution in [3.8, 4) is 5.88 Å². The van der Waals surface area contributed by atoms with Crippen molar-refractivity contribution in [2.75, 3.05) is 0 Å². The highest BCUT2D eigenvalue weighted by molar-refractivity contribution is 5.28. The number of nitrogens with two attached hydrogens (primary N) is 1. The molecule has 3 nitrogen and oxygen atoms in total. The largest absolute Gasteiger partial charge is 0.474 e. The van der Waals surface area contributed by atoms with Crippen molar-refractivity contribution in [1.29, 1.82) is 0 Å². The number of aromatic nitrogens is 1. The van der Waals surface area contributed by atoms with Gasteiger partial charge in [0.2, 0.25) is 5.88 Å².